The van der Waals surface area contributed by atoms with Crippen LogP contribution in [0.2, 0.25) is 0 Å². The Morgan fingerprint density at radius 1 is 1.20 bits per heavy atom. The van der Waals surface area contributed by atoms with Gasteiger partial charge in [0.25, 0.3) is 10.0 Å². The van der Waals surface area contributed by atoms with Crippen molar-refractivity contribution in [1.82, 2.24) is 3.97 Å². The van der Waals surface area contributed by atoms with E-state index in [2.05, 4.69) is 6.07 Å². The van der Waals surface area contributed by atoms with Crippen LogP contribution in [0.4, 0.5) is 0 Å². The van der Waals surface area contributed by atoms with E-state index in [0.29, 0.717) is 0 Å². The highest BCUT2D eigenvalue weighted by Gasteiger charge is 2.14. The SMILES string of the molecule is Cc1ccc(S(=O)(=O)n2c[c]cc2)cc1. The van der Waals surface area contributed by atoms with Crippen molar-refractivity contribution in [2.45, 2.75) is 11.8 Å². The summed E-state index contributed by atoms with van der Waals surface area (Å²) in [6.07, 6.45) is 2.87. The Labute approximate surface area is 89.0 Å². The molecule has 0 saturated heterocycles. The average molecular weight is 220 g/mol. The lowest BCUT2D eigenvalue weighted by Crippen LogP contribution is -2.10. The topological polar surface area (TPSA) is 39.1 Å². The van der Waals surface area contributed by atoms with Gasteiger partial charge >= 0.3 is 0 Å². The fourth-order valence-corrected chi connectivity index (χ4v) is 2.40. The standard InChI is InChI=1S/C11H10NO2S/c1-10-4-6-11(7-5-10)15(13,14)12-8-2-3-9-12/h2,4-9H,1H3. The monoisotopic (exact) mass is 220 g/mol. The minimum Gasteiger partial charge on any atom is -0.248 e. The summed E-state index contributed by atoms with van der Waals surface area (Å²) in [5, 5.41) is 0. The molecule has 0 saturated carbocycles. The highest BCUT2D eigenvalue weighted by atomic mass is 32.2. The predicted molar refractivity (Wildman–Crippen MR) is 57.0 cm³/mol. The number of hydrogen-bond donors (Lipinski definition) is 0. The third-order valence-electron chi connectivity index (χ3n) is 2.12. The first kappa shape index (κ1) is 9.98. The van der Waals surface area contributed by atoms with E-state index in [4.69, 9.17) is 0 Å². The van der Waals surface area contributed by atoms with Gasteiger partial charge in [0.15, 0.2) is 0 Å². The van der Waals surface area contributed by atoms with Gasteiger partial charge in [-0.3, -0.25) is 0 Å². The zero-order valence-electron chi connectivity index (χ0n) is 8.21. The van der Waals surface area contributed by atoms with Crippen molar-refractivity contribution >= 4 is 10.0 Å². The second-order valence-electron chi connectivity index (χ2n) is 3.26. The average Bonchev–Trinajstić information content (AvgIpc) is 2.71. The Morgan fingerprint density at radius 2 is 1.87 bits per heavy atom. The Kier molecular flexibility index (Phi) is 2.36. The first-order chi connectivity index (χ1) is 7.10. The smallest absolute Gasteiger partial charge is 0.248 e. The van der Waals surface area contributed by atoms with Gasteiger partial charge < -0.3 is 0 Å². The fraction of sp³-hybridized carbons (Fsp3) is 0.0909. The predicted octanol–water partition coefficient (Wildman–Crippen LogP) is 1.83. The summed E-state index contributed by atoms with van der Waals surface area (Å²) in [6.45, 7) is 1.92. The van der Waals surface area contributed by atoms with E-state index in [1.165, 1.54) is 12.4 Å². The molecule has 3 nitrogen and oxygen atoms in total. The summed E-state index contributed by atoms with van der Waals surface area (Å²) >= 11 is 0. The molecule has 1 heterocycles. The lowest BCUT2D eigenvalue weighted by atomic mass is 10.2. The molecule has 0 bridgehead atoms. The van der Waals surface area contributed by atoms with Gasteiger partial charge in [0.2, 0.25) is 0 Å². The molecule has 0 amide bonds. The van der Waals surface area contributed by atoms with Crippen molar-refractivity contribution in [3.8, 4) is 0 Å². The molecule has 0 aliphatic heterocycles. The van der Waals surface area contributed by atoms with Crippen LogP contribution < -0.4 is 0 Å². The van der Waals surface area contributed by atoms with Crippen LogP contribution in [0, 0.1) is 13.0 Å². The summed E-state index contributed by atoms with van der Waals surface area (Å²) in [5.74, 6) is 0. The van der Waals surface area contributed by atoms with E-state index < -0.39 is 10.0 Å². The number of aryl methyl sites for hydroxylation is 1. The van der Waals surface area contributed by atoms with Crippen LogP contribution in [0.1, 0.15) is 5.56 Å². The number of rotatable bonds is 2. The molecule has 0 atom stereocenters. The summed E-state index contributed by atoms with van der Waals surface area (Å²) in [7, 11) is -3.43. The van der Waals surface area contributed by atoms with Gasteiger partial charge in [0.1, 0.15) is 0 Å². The molecule has 1 aromatic heterocycles. The first-order valence-electron chi connectivity index (χ1n) is 4.47. The van der Waals surface area contributed by atoms with Crippen molar-refractivity contribution in [2.24, 2.45) is 0 Å². The molecule has 15 heavy (non-hydrogen) atoms. The van der Waals surface area contributed by atoms with Gasteiger partial charge in [-0.2, -0.15) is 0 Å². The maximum Gasteiger partial charge on any atom is 0.267 e. The van der Waals surface area contributed by atoms with Crippen LogP contribution in [-0.2, 0) is 10.0 Å². The van der Waals surface area contributed by atoms with Gasteiger partial charge in [-0.15, -0.1) is 0 Å². The van der Waals surface area contributed by atoms with Crippen LogP contribution in [-0.4, -0.2) is 12.4 Å². The largest absolute Gasteiger partial charge is 0.267 e. The van der Waals surface area contributed by atoms with E-state index in [-0.39, 0.29) is 4.90 Å². The Morgan fingerprint density at radius 3 is 2.40 bits per heavy atom. The highest BCUT2D eigenvalue weighted by molar-refractivity contribution is 7.90. The minimum atomic E-state index is -3.43. The molecular formula is C11H10NO2S. The zero-order chi connectivity index (χ0) is 10.9. The third-order valence-corrected chi connectivity index (χ3v) is 3.77. The Bertz CT molecular complexity index is 539. The second-order valence-corrected chi connectivity index (χ2v) is 5.10. The molecule has 4 heteroatoms. The van der Waals surface area contributed by atoms with Gasteiger partial charge in [0, 0.05) is 18.5 Å². The molecule has 2 rings (SSSR count). The van der Waals surface area contributed by atoms with Crippen molar-refractivity contribution in [3.05, 3.63) is 54.4 Å². The number of nitrogens with zero attached hydrogens (tertiary/aromatic N) is 1. The van der Waals surface area contributed by atoms with E-state index in [1.807, 2.05) is 6.92 Å². The number of aromatic nitrogens is 1. The van der Waals surface area contributed by atoms with Gasteiger partial charge in [0.05, 0.1) is 4.90 Å². The van der Waals surface area contributed by atoms with Crippen LogP contribution in [0.25, 0.3) is 0 Å². The molecule has 0 fully saturated rings. The van der Waals surface area contributed by atoms with Crippen LogP contribution in [0.15, 0.2) is 47.6 Å². The maximum absolute atomic E-state index is 11.9. The lowest BCUT2D eigenvalue weighted by molar-refractivity contribution is 0.587. The first-order valence-corrected chi connectivity index (χ1v) is 5.91. The summed E-state index contributed by atoms with van der Waals surface area (Å²) in [4.78, 5) is 0.290. The molecular weight excluding hydrogens is 210 g/mol. The van der Waals surface area contributed by atoms with Crippen LogP contribution in [0.5, 0.6) is 0 Å². The molecule has 1 aromatic carbocycles. The van der Waals surface area contributed by atoms with Crippen molar-refractivity contribution in [1.29, 1.82) is 0 Å². The quantitative estimate of drug-likeness (QED) is 0.774. The Balaban J connectivity index is 2.52. The van der Waals surface area contributed by atoms with E-state index in [9.17, 15) is 8.42 Å². The number of benzene rings is 1. The molecule has 1 radical (unpaired) electrons. The van der Waals surface area contributed by atoms with Crippen molar-refractivity contribution in [3.63, 3.8) is 0 Å². The molecule has 77 valence electrons. The maximum atomic E-state index is 11.9. The van der Waals surface area contributed by atoms with Crippen molar-refractivity contribution in [2.75, 3.05) is 0 Å². The summed E-state index contributed by atoms with van der Waals surface area (Å²) in [5.41, 5.74) is 1.04. The van der Waals surface area contributed by atoms with Gasteiger partial charge in [-0.1, -0.05) is 17.7 Å². The van der Waals surface area contributed by atoms with E-state index in [1.54, 1.807) is 30.3 Å². The van der Waals surface area contributed by atoms with Gasteiger partial charge in [-0.05, 0) is 25.1 Å². The van der Waals surface area contributed by atoms with E-state index in [0.717, 1.165) is 9.54 Å². The summed E-state index contributed by atoms with van der Waals surface area (Å²) in [6, 6.07) is 11.0. The Hall–Kier alpha value is -1.55. The minimum absolute atomic E-state index is 0.290. The van der Waals surface area contributed by atoms with Gasteiger partial charge in [-0.25, -0.2) is 12.4 Å². The molecule has 0 aliphatic carbocycles. The summed E-state index contributed by atoms with van der Waals surface area (Å²) < 4.78 is 25.0. The van der Waals surface area contributed by atoms with E-state index >= 15 is 0 Å². The molecule has 0 spiro atoms. The normalized spacial score (nSPS) is 11.5. The third kappa shape index (κ3) is 1.80. The highest BCUT2D eigenvalue weighted by Crippen LogP contribution is 2.13. The molecule has 0 unspecified atom stereocenters. The lowest BCUT2D eigenvalue weighted by Gasteiger charge is -2.05. The molecule has 2 aromatic rings. The zero-order valence-corrected chi connectivity index (χ0v) is 9.03. The van der Waals surface area contributed by atoms with Crippen LogP contribution >= 0.6 is 0 Å². The molecule has 0 aliphatic rings. The van der Waals surface area contributed by atoms with Crippen molar-refractivity contribution < 1.29 is 8.42 Å². The van der Waals surface area contributed by atoms with Crippen LogP contribution in [0.3, 0.4) is 0 Å². The fourth-order valence-electron chi connectivity index (χ4n) is 1.26. The molecule has 0 N–H and O–H groups in total. The number of hydrogen-bond acceptors (Lipinski definition) is 2. The second kappa shape index (κ2) is 3.55.